The summed E-state index contributed by atoms with van der Waals surface area (Å²) in [6.07, 6.45) is 0. The van der Waals surface area contributed by atoms with Gasteiger partial charge in [-0.1, -0.05) is 18.2 Å². The zero-order chi connectivity index (χ0) is 14.5. The van der Waals surface area contributed by atoms with Crippen molar-refractivity contribution in [3.05, 3.63) is 59.0 Å². The molecule has 0 radical (unpaired) electrons. The highest BCUT2D eigenvalue weighted by molar-refractivity contribution is 5.90. The molecule has 1 heterocycles. The molecule has 0 N–H and O–H groups in total. The second-order valence-corrected chi connectivity index (χ2v) is 4.83. The van der Waals surface area contributed by atoms with Gasteiger partial charge in [-0.05, 0) is 37.7 Å². The normalized spacial score (nSPS) is 10.8. The Hall–Kier alpha value is -2.07. The van der Waals surface area contributed by atoms with E-state index in [-0.39, 0.29) is 5.97 Å². The summed E-state index contributed by atoms with van der Waals surface area (Å²) in [6, 6.07) is 11.4. The lowest BCUT2D eigenvalue weighted by Crippen LogP contribution is -2.19. The number of hydrogen-bond acceptors (Lipinski definition) is 4. The van der Waals surface area contributed by atoms with Crippen molar-refractivity contribution >= 4 is 5.97 Å². The topological polar surface area (TPSA) is 42.7 Å². The van der Waals surface area contributed by atoms with E-state index in [4.69, 9.17) is 9.15 Å². The Balaban J connectivity index is 2.07. The zero-order valence-corrected chi connectivity index (χ0v) is 12.1. The predicted molar refractivity (Wildman–Crippen MR) is 76.4 cm³/mol. The first kappa shape index (κ1) is 14.3. The smallest absolute Gasteiger partial charge is 0.338 e. The van der Waals surface area contributed by atoms with E-state index in [1.54, 1.807) is 6.07 Å². The molecule has 0 bridgehead atoms. The molecule has 106 valence electrons. The SMILES string of the molecule is COC(=O)c1ccccc1CN(C)Cc1ccc(C)o1. The first-order valence-electron chi connectivity index (χ1n) is 6.50. The summed E-state index contributed by atoms with van der Waals surface area (Å²) in [5, 5.41) is 0. The van der Waals surface area contributed by atoms with E-state index in [2.05, 4.69) is 4.90 Å². The number of aryl methyl sites for hydroxylation is 1. The molecule has 0 saturated carbocycles. The van der Waals surface area contributed by atoms with Crippen molar-refractivity contribution < 1.29 is 13.9 Å². The maximum Gasteiger partial charge on any atom is 0.338 e. The van der Waals surface area contributed by atoms with Crippen LogP contribution >= 0.6 is 0 Å². The molecule has 20 heavy (non-hydrogen) atoms. The van der Waals surface area contributed by atoms with E-state index >= 15 is 0 Å². The number of furan rings is 1. The minimum Gasteiger partial charge on any atom is -0.465 e. The van der Waals surface area contributed by atoms with Crippen molar-refractivity contribution in [2.45, 2.75) is 20.0 Å². The van der Waals surface area contributed by atoms with Crippen LogP contribution in [0.3, 0.4) is 0 Å². The predicted octanol–water partition coefficient (Wildman–Crippen LogP) is 3.01. The van der Waals surface area contributed by atoms with Crippen LogP contribution in [0.2, 0.25) is 0 Å². The molecule has 0 spiro atoms. The van der Waals surface area contributed by atoms with Crippen LogP contribution in [-0.4, -0.2) is 25.0 Å². The lowest BCUT2D eigenvalue weighted by atomic mass is 10.1. The Morgan fingerprint density at radius 1 is 1.20 bits per heavy atom. The highest BCUT2D eigenvalue weighted by Gasteiger charge is 2.13. The van der Waals surface area contributed by atoms with E-state index in [0.29, 0.717) is 18.7 Å². The van der Waals surface area contributed by atoms with Crippen LogP contribution in [0.25, 0.3) is 0 Å². The van der Waals surface area contributed by atoms with Gasteiger partial charge in [0.25, 0.3) is 0 Å². The van der Waals surface area contributed by atoms with Gasteiger partial charge in [0.1, 0.15) is 11.5 Å². The minimum absolute atomic E-state index is 0.303. The number of nitrogens with zero attached hydrogens (tertiary/aromatic N) is 1. The van der Waals surface area contributed by atoms with Crippen LogP contribution in [0.5, 0.6) is 0 Å². The summed E-state index contributed by atoms with van der Waals surface area (Å²) in [5.41, 5.74) is 1.56. The average molecular weight is 273 g/mol. The van der Waals surface area contributed by atoms with Crippen molar-refractivity contribution in [3.8, 4) is 0 Å². The molecule has 1 aromatic heterocycles. The summed E-state index contributed by atoms with van der Waals surface area (Å²) in [7, 11) is 3.39. The maximum atomic E-state index is 11.7. The number of carbonyl (C=O) groups excluding carboxylic acids is 1. The van der Waals surface area contributed by atoms with E-state index in [9.17, 15) is 4.79 Å². The van der Waals surface area contributed by atoms with Crippen LogP contribution in [0.1, 0.15) is 27.4 Å². The van der Waals surface area contributed by atoms with Gasteiger partial charge in [-0.3, -0.25) is 4.90 Å². The highest BCUT2D eigenvalue weighted by atomic mass is 16.5. The molecule has 0 amide bonds. The first-order chi connectivity index (χ1) is 9.60. The summed E-state index contributed by atoms with van der Waals surface area (Å²) >= 11 is 0. The molecule has 0 aliphatic rings. The Morgan fingerprint density at radius 2 is 1.95 bits per heavy atom. The quantitative estimate of drug-likeness (QED) is 0.785. The number of methoxy groups -OCH3 is 1. The molecular formula is C16H19NO3. The number of carbonyl (C=O) groups is 1. The minimum atomic E-state index is -0.303. The molecule has 0 saturated heterocycles. The highest BCUT2D eigenvalue weighted by Crippen LogP contribution is 2.15. The first-order valence-corrected chi connectivity index (χ1v) is 6.50. The molecule has 4 nitrogen and oxygen atoms in total. The van der Waals surface area contributed by atoms with Crippen LogP contribution < -0.4 is 0 Å². The van der Waals surface area contributed by atoms with Crippen molar-refractivity contribution in [1.29, 1.82) is 0 Å². The largest absolute Gasteiger partial charge is 0.465 e. The third-order valence-electron chi connectivity index (χ3n) is 3.08. The molecule has 2 rings (SSSR count). The van der Waals surface area contributed by atoms with E-state index < -0.39 is 0 Å². The number of ether oxygens (including phenoxy) is 1. The summed E-state index contributed by atoms with van der Waals surface area (Å²) < 4.78 is 10.4. The molecule has 0 atom stereocenters. The third kappa shape index (κ3) is 3.48. The Labute approximate surface area is 119 Å². The lowest BCUT2D eigenvalue weighted by Gasteiger charge is -2.17. The fourth-order valence-corrected chi connectivity index (χ4v) is 2.15. The van der Waals surface area contributed by atoms with Crippen molar-refractivity contribution in [1.82, 2.24) is 4.90 Å². The molecule has 1 aromatic carbocycles. The second-order valence-electron chi connectivity index (χ2n) is 4.83. The lowest BCUT2D eigenvalue weighted by molar-refractivity contribution is 0.0598. The van der Waals surface area contributed by atoms with Crippen LogP contribution in [0.4, 0.5) is 0 Å². The van der Waals surface area contributed by atoms with Gasteiger partial charge in [-0.15, -0.1) is 0 Å². The zero-order valence-electron chi connectivity index (χ0n) is 12.1. The number of esters is 1. The monoisotopic (exact) mass is 273 g/mol. The summed E-state index contributed by atoms with van der Waals surface area (Å²) in [6.45, 7) is 3.28. The molecule has 0 aliphatic heterocycles. The van der Waals surface area contributed by atoms with Gasteiger partial charge in [0, 0.05) is 6.54 Å². The van der Waals surface area contributed by atoms with E-state index in [0.717, 1.165) is 17.1 Å². The Kier molecular flexibility index (Phi) is 4.58. The Bertz CT molecular complexity index is 589. The fourth-order valence-electron chi connectivity index (χ4n) is 2.15. The van der Waals surface area contributed by atoms with Gasteiger partial charge in [-0.25, -0.2) is 4.79 Å². The van der Waals surface area contributed by atoms with Gasteiger partial charge in [0.2, 0.25) is 0 Å². The fraction of sp³-hybridized carbons (Fsp3) is 0.312. The molecular weight excluding hydrogens is 254 g/mol. The van der Waals surface area contributed by atoms with E-state index in [1.165, 1.54) is 7.11 Å². The van der Waals surface area contributed by atoms with Gasteiger partial charge >= 0.3 is 5.97 Å². The average Bonchev–Trinajstić information content (AvgIpc) is 2.83. The van der Waals surface area contributed by atoms with Crippen LogP contribution in [-0.2, 0) is 17.8 Å². The maximum absolute atomic E-state index is 11.7. The third-order valence-corrected chi connectivity index (χ3v) is 3.08. The molecule has 0 fully saturated rings. The number of hydrogen-bond donors (Lipinski definition) is 0. The van der Waals surface area contributed by atoms with Crippen LogP contribution in [0, 0.1) is 6.92 Å². The standard InChI is InChI=1S/C16H19NO3/c1-12-8-9-14(20-12)11-17(2)10-13-6-4-5-7-15(13)16(18)19-3/h4-9H,10-11H2,1-3H3. The van der Waals surface area contributed by atoms with Gasteiger partial charge in [-0.2, -0.15) is 0 Å². The van der Waals surface area contributed by atoms with Crippen molar-refractivity contribution in [2.75, 3.05) is 14.2 Å². The van der Waals surface area contributed by atoms with Gasteiger partial charge < -0.3 is 9.15 Å². The number of rotatable bonds is 5. The van der Waals surface area contributed by atoms with Crippen molar-refractivity contribution in [2.24, 2.45) is 0 Å². The van der Waals surface area contributed by atoms with Gasteiger partial charge in [0.15, 0.2) is 0 Å². The molecule has 0 aliphatic carbocycles. The van der Waals surface area contributed by atoms with Gasteiger partial charge in [0.05, 0.1) is 19.2 Å². The summed E-state index contributed by atoms with van der Waals surface area (Å²) in [4.78, 5) is 13.8. The second kappa shape index (κ2) is 6.39. The van der Waals surface area contributed by atoms with E-state index in [1.807, 2.05) is 44.3 Å². The molecule has 0 unspecified atom stereocenters. The van der Waals surface area contributed by atoms with Crippen molar-refractivity contribution in [3.63, 3.8) is 0 Å². The van der Waals surface area contributed by atoms with Crippen LogP contribution in [0.15, 0.2) is 40.8 Å². The number of benzene rings is 1. The Morgan fingerprint density at radius 3 is 2.60 bits per heavy atom. The molecule has 4 heteroatoms. The molecule has 2 aromatic rings. The summed E-state index contributed by atoms with van der Waals surface area (Å²) in [5.74, 6) is 1.52.